The molecule has 1 aliphatic heterocycles. The molecule has 2 N–H and O–H groups in total. The van der Waals surface area contributed by atoms with E-state index in [1.807, 2.05) is 0 Å². The Labute approximate surface area is 87.0 Å². The molecule has 2 heterocycles. The van der Waals surface area contributed by atoms with Gasteiger partial charge in [-0.3, -0.25) is 0 Å². The summed E-state index contributed by atoms with van der Waals surface area (Å²) >= 11 is 5.86. The van der Waals surface area contributed by atoms with E-state index in [4.69, 9.17) is 26.8 Å². The Morgan fingerprint density at radius 2 is 2.43 bits per heavy atom. The minimum absolute atomic E-state index is 0.120. The smallest absolute Gasteiger partial charge is 0.214 e. The van der Waals surface area contributed by atoms with Crippen LogP contribution in [-0.4, -0.2) is 24.3 Å². The lowest BCUT2D eigenvalue weighted by Crippen LogP contribution is -2.38. The molecule has 5 heteroatoms. The number of pyridine rings is 1. The molecule has 0 amide bonds. The summed E-state index contributed by atoms with van der Waals surface area (Å²) in [5.41, 5.74) is 6.35. The van der Waals surface area contributed by atoms with Crippen LogP contribution in [0.1, 0.15) is 5.56 Å². The van der Waals surface area contributed by atoms with E-state index >= 15 is 0 Å². The molecule has 0 unspecified atom stereocenters. The molecule has 0 spiro atoms. The Hall–Kier alpha value is -0.840. The second kappa shape index (κ2) is 4.13. The van der Waals surface area contributed by atoms with Gasteiger partial charge in [-0.15, -0.1) is 0 Å². The lowest BCUT2D eigenvalue weighted by atomic mass is 10.2. The molecule has 0 radical (unpaired) electrons. The molecule has 1 saturated heterocycles. The SMILES string of the molecule is NCc1cc(OC2COC2)ncc1Cl. The van der Waals surface area contributed by atoms with Crippen LogP contribution in [0.3, 0.4) is 0 Å². The van der Waals surface area contributed by atoms with Crippen LogP contribution in [0.15, 0.2) is 12.3 Å². The molecule has 14 heavy (non-hydrogen) atoms. The topological polar surface area (TPSA) is 57.4 Å². The number of nitrogens with zero attached hydrogens (tertiary/aromatic N) is 1. The summed E-state index contributed by atoms with van der Waals surface area (Å²) in [6.45, 7) is 1.64. The van der Waals surface area contributed by atoms with Crippen molar-refractivity contribution in [1.29, 1.82) is 0 Å². The molecule has 2 rings (SSSR count). The normalized spacial score (nSPS) is 16.4. The van der Waals surface area contributed by atoms with Gasteiger partial charge in [0.25, 0.3) is 0 Å². The van der Waals surface area contributed by atoms with Crippen molar-refractivity contribution in [2.75, 3.05) is 13.2 Å². The number of hydrogen-bond donors (Lipinski definition) is 1. The first-order chi connectivity index (χ1) is 6.79. The maximum Gasteiger partial charge on any atom is 0.214 e. The van der Waals surface area contributed by atoms with Crippen LogP contribution in [-0.2, 0) is 11.3 Å². The lowest BCUT2D eigenvalue weighted by molar-refractivity contribution is -0.0813. The molecule has 1 aromatic heterocycles. The molecule has 0 aromatic carbocycles. The number of nitrogens with two attached hydrogens (primary N) is 1. The lowest BCUT2D eigenvalue weighted by Gasteiger charge is -2.26. The van der Waals surface area contributed by atoms with Crippen molar-refractivity contribution >= 4 is 11.6 Å². The molecule has 1 aromatic rings. The Balaban J connectivity index is 2.09. The highest BCUT2D eigenvalue weighted by molar-refractivity contribution is 6.31. The summed E-state index contributed by atoms with van der Waals surface area (Å²) in [6, 6.07) is 1.76. The van der Waals surface area contributed by atoms with E-state index in [2.05, 4.69) is 4.98 Å². The summed E-state index contributed by atoms with van der Waals surface area (Å²) in [7, 11) is 0. The molecule has 1 fully saturated rings. The van der Waals surface area contributed by atoms with Gasteiger partial charge in [0.2, 0.25) is 5.88 Å². The van der Waals surface area contributed by atoms with Gasteiger partial charge in [-0.05, 0) is 5.56 Å². The monoisotopic (exact) mass is 214 g/mol. The van der Waals surface area contributed by atoms with Crippen LogP contribution in [0.2, 0.25) is 5.02 Å². The molecule has 4 nitrogen and oxygen atoms in total. The third-order valence-electron chi connectivity index (χ3n) is 2.02. The maximum atomic E-state index is 5.86. The van der Waals surface area contributed by atoms with Gasteiger partial charge < -0.3 is 15.2 Å². The van der Waals surface area contributed by atoms with Gasteiger partial charge >= 0.3 is 0 Å². The third kappa shape index (κ3) is 1.97. The van der Waals surface area contributed by atoms with Crippen molar-refractivity contribution in [3.8, 4) is 5.88 Å². The van der Waals surface area contributed by atoms with Crippen molar-refractivity contribution in [2.45, 2.75) is 12.6 Å². The number of ether oxygens (including phenoxy) is 2. The zero-order chi connectivity index (χ0) is 9.97. The van der Waals surface area contributed by atoms with Gasteiger partial charge in [0.1, 0.15) is 6.10 Å². The van der Waals surface area contributed by atoms with Crippen molar-refractivity contribution in [3.63, 3.8) is 0 Å². The quantitative estimate of drug-likeness (QED) is 0.815. The Bertz CT molecular complexity index is 329. The van der Waals surface area contributed by atoms with Crippen molar-refractivity contribution in [1.82, 2.24) is 4.98 Å². The first-order valence-corrected chi connectivity index (χ1v) is 4.76. The van der Waals surface area contributed by atoms with Gasteiger partial charge in [0.15, 0.2) is 0 Å². The van der Waals surface area contributed by atoms with Gasteiger partial charge in [-0.25, -0.2) is 4.98 Å². The molecule has 0 aliphatic carbocycles. The van der Waals surface area contributed by atoms with Crippen molar-refractivity contribution < 1.29 is 9.47 Å². The van der Waals surface area contributed by atoms with E-state index in [9.17, 15) is 0 Å². The molecular weight excluding hydrogens is 204 g/mol. The van der Waals surface area contributed by atoms with E-state index in [1.165, 1.54) is 0 Å². The van der Waals surface area contributed by atoms with E-state index in [1.54, 1.807) is 12.3 Å². The fraction of sp³-hybridized carbons (Fsp3) is 0.444. The second-order valence-electron chi connectivity index (χ2n) is 3.10. The Morgan fingerprint density at radius 3 is 3.00 bits per heavy atom. The van der Waals surface area contributed by atoms with Crippen LogP contribution >= 0.6 is 11.6 Å². The van der Waals surface area contributed by atoms with Gasteiger partial charge in [-0.1, -0.05) is 11.6 Å². The van der Waals surface area contributed by atoms with E-state index in [0.717, 1.165) is 5.56 Å². The first kappa shape index (κ1) is 9.71. The summed E-state index contributed by atoms with van der Waals surface area (Å²) in [4.78, 5) is 4.04. The largest absolute Gasteiger partial charge is 0.469 e. The van der Waals surface area contributed by atoms with Crippen molar-refractivity contribution in [2.24, 2.45) is 5.73 Å². The van der Waals surface area contributed by atoms with Crippen LogP contribution in [0, 0.1) is 0 Å². The summed E-state index contributed by atoms with van der Waals surface area (Å²) in [6.07, 6.45) is 1.67. The molecule has 0 bridgehead atoms. The molecular formula is C9H11ClN2O2. The Kier molecular flexibility index (Phi) is 2.86. The highest BCUT2D eigenvalue weighted by Crippen LogP contribution is 2.20. The molecule has 76 valence electrons. The zero-order valence-electron chi connectivity index (χ0n) is 7.57. The fourth-order valence-electron chi connectivity index (χ4n) is 1.13. The van der Waals surface area contributed by atoms with E-state index in [0.29, 0.717) is 30.7 Å². The van der Waals surface area contributed by atoms with E-state index in [-0.39, 0.29) is 6.10 Å². The average Bonchev–Trinajstić information content (AvgIpc) is 2.14. The molecule has 0 saturated carbocycles. The van der Waals surface area contributed by atoms with Crippen molar-refractivity contribution in [3.05, 3.63) is 22.8 Å². The number of rotatable bonds is 3. The maximum absolute atomic E-state index is 5.86. The first-order valence-electron chi connectivity index (χ1n) is 4.38. The van der Waals surface area contributed by atoms with Crippen LogP contribution in [0.25, 0.3) is 0 Å². The predicted octanol–water partition coefficient (Wildman–Crippen LogP) is 0.971. The molecule has 0 atom stereocenters. The average molecular weight is 215 g/mol. The van der Waals surface area contributed by atoms with Crippen LogP contribution in [0.4, 0.5) is 0 Å². The predicted molar refractivity (Wildman–Crippen MR) is 52.4 cm³/mol. The Morgan fingerprint density at radius 1 is 1.64 bits per heavy atom. The standard InChI is InChI=1S/C9H11ClN2O2/c10-8-3-12-9(1-6(8)2-11)14-7-4-13-5-7/h1,3,7H,2,4-5,11H2. The van der Waals surface area contributed by atoms with Gasteiger partial charge in [0.05, 0.1) is 18.2 Å². The minimum atomic E-state index is 0.120. The van der Waals surface area contributed by atoms with E-state index < -0.39 is 0 Å². The third-order valence-corrected chi connectivity index (χ3v) is 2.36. The van der Waals surface area contributed by atoms with Gasteiger partial charge in [0, 0.05) is 18.8 Å². The minimum Gasteiger partial charge on any atom is -0.469 e. The number of halogens is 1. The van der Waals surface area contributed by atoms with Crippen LogP contribution < -0.4 is 10.5 Å². The summed E-state index contributed by atoms with van der Waals surface area (Å²) in [5, 5.41) is 0.574. The number of aromatic nitrogens is 1. The summed E-state index contributed by atoms with van der Waals surface area (Å²) in [5.74, 6) is 0.558. The second-order valence-corrected chi connectivity index (χ2v) is 3.50. The van der Waals surface area contributed by atoms with Gasteiger partial charge in [-0.2, -0.15) is 0 Å². The van der Waals surface area contributed by atoms with Crippen LogP contribution in [0.5, 0.6) is 5.88 Å². The zero-order valence-corrected chi connectivity index (χ0v) is 8.33. The highest BCUT2D eigenvalue weighted by Gasteiger charge is 2.20. The fourth-order valence-corrected chi connectivity index (χ4v) is 1.31. The highest BCUT2D eigenvalue weighted by atomic mass is 35.5. The number of hydrogen-bond acceptors (Lipinski definition) is 4. The molecule has 1 aliphatic rings. The summed E-state index contributed by atoms with van der Waals surface area (Å²) < 4.78 is 10.5.